The van der Waals surface area contributed by atoms with E-state index in [0.29, 0.717) is 11.7 Å². The highest BCUT2D eigenvalue weighted by molar-refractivity contribution is 7.13. The molecule has 1 aromatic rings. The second-order valence-electron chi connectivity index (χ2n) is 2.90. The summed E-state index contributed by atoms with van der Waals surface area (Å²) in [6.45, 7) is 2.40. The molecule has 16 heavy (non-hydrogen) atoms. The van der Waals surface area contributed by atoms with Gasteiger partial charge in [-0.05, 0) is 6.92 Å². The van der Waals surface area contributed by atoms with Crippen molar-refractivity contribution in [2.75, 3.05) is 18.4 Å². The number of hydrogen-bond acceptors (Lipinski definition) is 5. The van der Waals surface area contributed by atoms with E-state index in [-0.39, 0.29) is 19.0 Å². The zero-order valence-corrected chi connectivity index (χ0v) is 9.53. The maximum absolute atomic E-state index is 11.6. The second-order valence-corrected chi connectivity index (χ2v) is 3.73. The zero-order chi connectivity index (χ0) is 12.0. The summed E-state index contributed by atoms with van der Waals surface area (Å²) >= 11 is 1.21. The van der Waals surface area contributed by atoms with Gasteiger partial charge in [0.05, 0.1) is 6.42 Å². The van der Waals surface area contributed by atoms with Gasteiger partial charge in [0.1, 0.15) is 5.51 Å². The van der Waals surface area contributed by atoms with Gasteiger partial charge in [-0.2, -0.15) is 0 Å². The van der Waals surface area contributed by atoms with Crippen molar-refractivity contribution in [2.45, 2.75) is 13.3 Å². The van der Waals surface area contributed by atoms with Crippen LogP contribution < -0.4 is 5.32 Å². The minimum Gasteiger partial charge on any atom is -0.481 e. The third kappa shape index (κ3) is 3.81. The number of aromatic nitrogens is 2. The number of anilines is 1. The first-order chi connectivity index (χ1) is 7.63. The summed E-state index contributed by atoms with van der Waals surface area (Å²) in [6.07, 6.45) is -0.0720. The number of nitrogens with zero attached hydrogens (tertiary/aromatic N) is 3. The van der Waals surface area contributed by atoms with Crippen molar-refractivity contribution >= 4 is 28.5 Å². The van der Waals surface area contributed by atoms with E-state index >= 15 is 0 Å². The lowest BCUT2D eigenvalue weighted by atomic mass is 10.4. The van der Waals surface area contributed by atoms with E-state index in [1.165, 1.54) is 21.7 Å². The van der Waals surface area contributed by atoms with Crippen molar-refractivity contribution in [1.29, 1.82) is 0 Å². The molecule has 0 unspecified atom stereocenters. The number of carbonyl (C=O) groups excluding carboxylic acids is 1. The molecule has 2 N–H and O–H groups in total. The molecule has 1 aromatic heterocycles. The molecule has 0 aliphatic heterocycles. The zero-order valence-electron chi connectivity index (χ0n) is 8.71. The molecule has 1 heterocycles. The van der Waals surface area contributed by atoms with Crippen molar-refractivity contribution in [1.82, 2.24) is 15.1 Å². The van der Waals surface area contributed by atoms with Crippen LogP contribution in [0.1, 0.15) is 13.3 Å². The Kier molecular flexibility index (Phi) is 4.65. The average molecular weight is 244 g/mol. The Labute approximate surface area is 96.1 Å². The van der Waals surface area contributed by atoms with Gasteiger partial charge in [0.15, 0.2) is 0 Å². The molecule has 1 rings (SSSR count). The molecule has 0 atom stereocenters. The standard InChI is InChI=1S/C8H12N4O3S/c1-2-12(4-3-6(13)14)8(15)10-7-11-9-5-16-7/h5H,2-4H2,1H3,(H,13,14)(H,10,11,15). The van der Waals surface area contributed by atoms with Crippen molar-refractivity contribution in [3.05, 3.63) is 5.51 Å². The first-order valence-corrected chi connectivity index (χ1v) is 5.55. The van der Waals surface area contributed by atoms with Gasteiger partial charge in [-0.3, -0.25) is 10.1 Å². The third-order valence-corrected chi connectivity index (χ3v) is 2.45. The van der Waals surface area contributed by atoms with Gasteiger partial charge in [0.25, 0.3) is 0 Å². The fraction of sp³-hybridized carbons (Fsp3) is 0.500. The SMILES string of the molecule is CCN(CCC(=O)O)C(=O)Nc1nncs1. The highest BCUT2D eigenvalue weighted by Crippen LogP contribution is 2.09. The molecule has 88 valence electrons. The summed E-state index contributed by atoms with van der Waals surface area (Å²) in [6, 6.07) is -0.361. The van der Waals surface area contributed by atoms with Crippen molar-refractivity contribution in [3.63, 3.8) is 0 Å². The molecule has 0 aromatic carbocycles. The molecule has 0 fully saturated rings. The molecule has 0 radical (unpaired) electrons. The number of carbonyl (C=O) groups is 2. The molecule has 0 aliphatic carbocycles. The van der Waals surface area contributed by atoms with Gasteiger partial charge in [-0.25, -0.2) is 4.79 Å². The summed E-state index contributed by atoms with van der Waals surface area (Å²) in [7, 11) is 0. The maximum Gasteiger partial charge on any atom is 0.323 e. The smallest absolute Gasteiger partial charge is 0.323 e. The number of amides is 2. The molecular weight excluding hydrogens is 232 g/mol. The summed E-state index contributed by atoms with van der Waals surface area (Å²) in [4.78, 5) is 23.4. The van der Waals surface area contributed by atoms with Gasteiger partial charge in [-0.1, -0.05) is 11.3 Å². The number of aliphatic carboxylic acids is 1. The van der Waals surface area contributed by atoms with Crippen LogP contribution in [0.5, 0.6) is 0 Å². The van der Waals surface area contributed by atoms with Crippen LogP contribution in [0.2, 0.25) is 0 Å². The number of hydrogen-bond donors (Lipinski definition) is 2. The minimum atomic E-state index is -0.929. The quantitative estimate of drug-likeness (QED) is 0.801. The Bertz CT molecular complexity index is 354. The fourth-order valence-electron chi connectivity index (χ4n) is 1.03. The van der Waals surface area contributed by atoms with Crippen LogP contribution in [0, 0.1) is 0 Å². The first kappa shape index (κ1) is 12.4. The monoisotopic (exact) mass is 244 g/mol. The van der Waals surface area contributed by atoms with E-state index in [2.05, 4.69) is 15.5 Å². The van der Waals surface area contributed by atoms with Gasteiger partial charge < -0.3 is 10.0 Å². The molecule has 0 aliphatic rings. The molecule has 2 amide bonds. The van der Waals surface area contributed by atoms with Gasteiger partial charge in [0, 0.05) is 13.1 Å². The maximum atomic E-state index is 11.6. The normalized spacial score (nSPS) is 9.81. The highest BCUT2D eigenvalue weighted by Gasteiger charge is 2.13. The second kappa shape index (κ2) is 6.01. The van der Waals surface area contributed by atoms with Crippen LogP contribution in [-0.4, -0.2) is 45.3 Å². The Hall–Kier alpha value is -1.70. The summed E-state index contributed by atoms with van der Waals surface area (Å²) in [5.74, 6) is -0.929. The predicted molar refractivity (Wildman–Crippen MR) is 58.4 cm³/mol. The molecule has 0 spiro atoms. The Morgan fingerprint density at radius 2 is 2.38 bits per heavy atom. The van der Waals surface area contributed by atoms with Crippen molar-refractivity contribution in [3.8, 4) is 0 Å². The van der Waals surface area contributed by atoms with E-state index in [9.17, 15) is 9.59 Å². The lowest BCUT2D eigenvalue weighted by Gasteiger charge is -2.19. The summed E-state index contributed by atoms with van der Waals surface area (Å²) < 4.78 is 0. The van der Waals surface area contributed by atoms with Crippen LogP contribution in [0.4, 0.5) is 9.93 Å². The Balaban J connectivity index is 2.46. The van der Waals surface area contributed by atoms with E-state index in [0.717, 1.165) is 0 Å². The molecular formula is C8H12N4O3S. The summed E-state index contributed by atoms with van der Waals surface area (Å²) in [5.41, 5.74) is 1.50. The number of carboxylic acid groups (broad SMARTS) is 1. The van der Waals surface area contributed by atoms with Crippen molar-refractivity contribution < 1.29 is 14.7 Å². The van der Waals surface area contributed by atoms with E-state index in [1.54, 1.807) is 6.92 Å². The predicted octanol–water partition coefficient (Wildman–Crippen LogP) is 0.867. The topological polar surface area (TPSA) is 95.4 Å². The first-order valence-electron chi connectivity index (χ1n) is 4.67. The van der Waals surface area contributed by atoms with Crippen molar-refractivity contribution in [2.24, 2.45) is 0 Å². The molecule has 8 heteroatoms. The number of rotatable bonds is 5. The van der Waals surface area contributed by atoms with Gasteiger partial charge in [0.2, 0.25) is 5.13 Å². The van der Waals surface area contributed by atoms with E-state index < -0.39 is 5.97 Å². The average Bonchev–Trinajstić information content (AvgIpc) is 2.71. The molecule has 0 bridgehead atoms. The third-order valence-electron chi connectivity index (χ3n) is 1.84. The van der Waals surface area contributed by atoms with E-state index in [1.807, 2.05) is 0 Å². The molecule has 7 nitrogen and oxygen atoms in total. The largest absolute Gasteiger partial charge is 0.481 e. The fourth-order valence-corrected chi connectivity index (χ4v) is 1.47. The lowest BCUT2D eigenvalue weighted by Crippen LogP contribution is -2.36. The van der Waals surface area contributed by atoms with Gasteiger partial charge >= 0.3 is 12.0 Å². The number of urea groups is 1. The minimum absolute atomic E-state index is 0.0720. The van der Waals surface area contributed by atoms with Crippen LogP contribution >= 0.6 is 11.3 Å². The number of nitrogens with one attached hydrogen (secondary N) is 1. The number of carboxylic acids is 1. The van der Waals surface area contributed by atoms with E-state index in [4.69, 9.17) is 5.11 Å². The van der Waals surface area contributed by atoms with Crippen LogP contribution in [0.15, 0.2) is 5.51 Å². The summed E-state index contributed by atoms with van der Waals surface area (Å²) in [5, 5.41) is 18.7. The van der Waals surface area contributed by atoms with Crippen LogP contribution in [0.25, 0.3) is 0 Å². The molecule has 0 saturated heterocycles. The Morgan fingerprint density at radius 3 is 2.88 bits per heavy atom. The highest BCUT2D eigenvalue weighted by atomic mass is 32.1. The molecule has 0 saturated carbocycles. The van der Waals surface area contributed by atoms with Crippen LogP contribution in [-0.2, 0) is 4.79 Å². The van der Waals surface area contributed by atoms with Crippen LogP contribution in [0.3, 0.4) is 0 Å². The van der Waals surface area contributed by atoms with Gasteiger partial charge in [-0.15, -0.1) is 10.2 Å². The Morgan fingerprint density at radius 1 is 1.62 bits per heavy atom. The lowest BCUT2D eigenvalue weighted by molar-refractivity contribution is -0.137.